The van der Waals surface area contributed by atoms with Gasteiger partial charge in [0.15, 0.2) is 0 Å². The molecule has 3 aromatic carbocycles. The summed E-state index contributed by atoms with van der Waals surface area (Å²) >= 11 is 0. The lowest BCUT2D eigenvalue weighted by Crippen LogP contribution is -2.00. The minimum Gasteiger partial charge on any atom is -0.489 e. The lowest BCUT2D eigenvalue weighted by molar-refractivity contribution is -0.384. The van der Waals surface area contributed by atoms with Crippen LogP contribution in [0.5, 0.6) is 5.75 Å². The molecule has 3 aromatic rings. The Kier molecular flexibility index (Phi) is 5.43. The monoisotopic (exact) mass is 352 g/mol. The number of non-ortho nitro benzene ring substituents is 1. The van der Waals surface area contributed by atoms with Crippen LogP contribution < -0.4 is 10.1 Å². The quantitative estimate of drug-likeness (QED) is 0.484. The second kappa shape index (κ2) is 8.11. The van der Waals surface area contributed by atoms with Gasteiger partial charge in [0.05, 0.1) is 4.92 Å². The highest BCUT2D eigenvalue weighted by molar-refractivity contribution is 5.51. The van der Waals surface area contributed by atoms with Gasteiger partial charge in [-0.05, 0) is 41.5 Å². The van der Waals surface area contributed by atoms with Crippen molar-refractivity contribution in [3.63, 3.8) is 0 Å². The number of halogens is 1. The summed E-state index contributed by atoms with van der Waals surface area (Å²) in [6.45, 7) is 0.908. The molecule has 0 aromatic heterocycles. The van der Waals surface area contributed by atoms with Gasteiger partial charge in [-0.25, -0.2) is 4.39 Å². The van der Waals surface area contributed by atoms with E-state index in [4.69, 9.17) is 4.74 Å². The van der Waals surface area contributed by atoms with Crippen molar-refractivity contribution in [1.29, 1.82) is 0 Å². The summed E-state index contributed by atoms with van der Waals surface area (Å²) < 4.78 is 18.5. The third-order valence-electron chi connectivity index (χ3n) is 3.80. The number of anilines is 1. The van der Waals surface area contributed by atoms with Crippen LogP contribution in [-0.4, -0.2) is 4.92 Å². The summed E-state index contributed by atoms with van der Waals surface area (Å²) in [4.78, 5) is 10.4. The highest BCUT2D eigenvalue weighted by Gasteiger charge is 2.05. The van der Waals surface area contributed by atoms with E-state index in [1.54, 1.807) is 24.3 Å². The Morgan fingerprint density at radius 1 is 0.962 bits per heavy atom. The first kappa shape index (κ1) is 17.4. The first-order chi connectivity index (χ1) is 12.6. The topological polar surface area (TPSA) is 64.4 Å². The summed E-state index contributed by atoms with van der Waals surface area (Å²) in [5, 5.41) is 13.9. The van der Waals surface area contributed by atoms with E-state index >= 15 is 0 Å². The van der Waals surface area contributed by atoms with Gasteiger partial charge >= 0.3 is 0 Å². The van der Waals surface area contributed by atoms with Crippen LogP contribution in [0.3, 0.4) is 0 Å². The van der Waals surface area contributed by atoms with E-state index in [-0.39, 0.29) is 11.5 Å². The highest BCUT2D eigenvalue weighted by atomic mass is 19.1. The van der Waals surface area contributed by atoms with Crippen molar-refractivity contribution in [2.24, 2.45) is 0 Å². The molecule has 0 fully saturated rings. The molecule has 0 bridgehead atoms. The van der Waals surface area contributed by atoms with Crippen molar-refractivity contribution in [2.75, 3.05) is 5.32 Å². The minimum absolute atomic E-state index is 0.0551. The van der Waals surface area contributed by atoms with E-state index in [0.29, 0.717) is 24.6 Å². The Morgan fingerprint density at radius 3 is 2.35 bits per heavy atom. The predicted octanol–water partition coefficient (Wildman–Crippen LogP) is 4.93. The molecule has 0 spiro atoms. The lowest BCUT2D eigenvalue weighted by atomic mass is 10.2. The minimum atomic E-state index is -0.418. The number of nitrogens with zero attached hydrogens (tertiary/aromatic N) is 1. The van der Waals surface area contributed by atoms with Gasteiger partial charge in [0, 0.05) is 24.4 Å². The fraction of sp³-hybridized carbons (Fsp3) is 0.100. The molecule has 0 atom stereocenters. The third-order valence-corrected chi connectivity index (χ3v) is 3.80. The van der Waals surface area contributed by atoms with Crippen molar-refractivity contribution in [1.82, 2.24) is 0 Å². The summed E-state index contributed by atoms with van der Waals surface area (Å²) in [6.07, 6.45) is 0. The molecule has 132 valence electrons. The van der Waals surface area contributed by atoms with Crippen molar-refractivity contribution in [3.8, 4) is 5.75 Å². The van der Waals surface area contributed by atoms with E-state index in [1.807, 2.05) is 24.3 Å². The first-order valence-corrected chi connectivity index (χ1v) is 8.05. The second-order valence-electron chi connectivity index (χ2n) is 5.72. The fourth-order valence-corrected chi connectivity index (χ4v) is 2.38. The number of hydrogen-bond acceptors (Lipinski definition) is 4. The van der Waals surface area contributed by atoms with Crippen LogP contribution in [0, 0.1) is 15.9 Å². The largest absolute Gasteiger partial charge is 0.489 e. The van der Waals surface area contributed by atoms with Crippen molar-refractivity contribution < 1.29 is 14.1 Å². The fourth-order valence-electron chi connectivity index (χ4n) is 2.38. The highest BCUT2D eigenvalue weighted by Crippen LogP contribution is 2.19. The van der Waals surface area contributed by atoms with E-state index in [2.05, 4.69) is 5.32 Å². The predicted molar refractivity (Wildman–Crippen MR) is 97.6 cm³/mol. The number of hydrogen-bond donors (Lipinski definition) is 1. The molecule has 1 N–H and O–H groups in total. The summed E-state index contributed by atoms with van der Waals surface area (Å²) in [5.41, 5.74) is 2.66. The molecule has 26 heavy (non-hydrogen) atoms. The van der Waals surface area contributed by atoms with Crippen molar-refractivity contribution in [3.05, 3.63) is 99.9 Å². The van der Waals surface area contributed by atoms with Crippen LogP contribution in [0.4, 0.5) is 15.8 Å². The number of nitro groups is 1. The molecule has 0 saturated carbocycles. The lowest BCUT2D eigenvalue weighted by Gasteiger charge is -2.09. The van der Waals surface area contributed by atoms with Gasteiger partial charge in [-0.1, -0.05) is 30.3 Å². The first-order valence-electron chi connectivity index (χ1n) is 8.05. The number of nitrogens with one attached hydrogen (secondary N) is 1. The van der Waals surface area contributed by atoms with Crippen molar-refractivity contribution >= 4 is 11.4 Å². The molecule has 0 aliphatic rings. The summed E-state index contributed by atoms with van der Waals surface area (Å²) in [6, 6.07) is 20.1. The molecule has 0 radical (unpaired) electrons. The van der Waals surface area contributed by atoms with E-state index in [0.717, 1.165) is 11.1 Å². The molecule has 0 unspecified atom stereocenters. The number of nitro benzene ring substituents is 1. The second-order valence-corrected chi connectivity index (χ2v) is 5.72. The average Bonchev–Trinajstić information content (AvgIpc) is 2.67. The maximum absolute atomic E-state index is 12.9. The normalized spacial score (nSPS) is 10.3. The van der Waals surface area contributed by atoms with Gasteiger partial charge in [0.25, 0.3) is 5.69 Å². The zero-order valence-electron chi connectivity index (χ0n) is 13.9. The van der Waals surface area contributed by atoms with Gasteiger partial charge in [-0.2, -0.15) is 0 Å². The molecular formula is C20H17FN2O3. The molecule has 3 rings (SSSR count). The Morgan fingerprint density at radius 2 is 1.65 bits per heavy atom. The van der Waals surface area contributed by atoms with E-state index in [1.165, 1.54) is 24.3 Å². The van der Waals surface area contributed by atoms with Crippen LogP contribution in [-0.2, 0) is 13.2 Å². The summed E-state index contributed by atoms with van der Waals surface area (Å²) in [7, 11) is 0. The molecule has 6 heteroatoms. The molecule has 0 saturated heterocycles. The third kappa shape index (κ3) is 4.80. The maximum Gasteiger partial charge on any atom is 0.271 e. The van der Waals surface area contributed by atoms with Crippen LogP contribution in [0.25, 0.3) is 0 Å². The molecule has 0 aliphatic carbocycles. The van der Waals surface area contributed by atoms with Gasteiger partial charge in [0.1, 0.15) is 18.2 Å². The van der Waals surface area contributed by atoms with Crippen LogP contribution in [0.2, 0.25) is 0 Å². The van der Waals surface area contributed by atoms with Gasteiger partial charge in [-0.15, -0.1) is 0 Å². The number of benzene rings is 3. The molecule has 0 amide bonds. The zero-order chi connectivity index (χ0) is 18.4. The Bertz CT molecular complexity index is 880. The van der Waals surface area contributed by atoms with Crippen molar-refractivity contribution in [2.45, 2.75) is 13.2 Å². The number of rotatable bonds is 7. The Hall–Kier alpha value is -3.41. The smallest absolute Gasteiger partial charge is 0.271 e. The Labute approximate surface area is 150 Å². The SMILES string of the molecule is O=[N+]([O-])c1cccc(NCc2ccc(OCc3ccc(F)cc3)cc2)c1. The maximum atomic E-state index is 12.9. The van der Waals surface area contributed by atoms with Gasteiger partial charge in [0.2, 0.25) is 0 Å². The molecule has 5 nitrogen and oxygen atoms in total. The van der Waals surface area contributed by atoms with E-state index in [9.17, 15) is 14.5 Å². The van der Waals surface area contributed by atoms with E-state index < -0.39 is 4.92 Å². The van der Waals surface area contributed by atoms with Crippen LogP contribution in [0.1, 0.15) is 11.1 Å². The Balaban J connectivity index is 1.53. The summed E-state index contributed by atoms with van der Waals surface area (Å²) in [5.74, 6) is 0.447. The average molecular weight is 352 g/mol. The van der Waals surface area contributed by atoms with Gasteiger partial charge < -0.3 is 10.1 Å². The molecule has 0 aliphatic heterocycles. The van der Waals surface area contributed by atoms with Crippen LogP contribution >= 0.6 is 0 Å². The standard InChI is InChI=1S/C20H17FN2O3/c21-17-8-4-16(5-9-17)14-26-20-10-6-15(7-11-20)13-22-18-2-1-3-19(12-18)23(24)25/h1-12,22H,13-14H2. The number of ether oxygens (including phenoxy) is 1. The zero-order valence-corrected chi connectivity index (χ0v) is 13.9. The molecular weight excluding hydrogens is 335 g/mol. The van der Waals surface area contributed by atoms with Gasteiger partial charge in [-0.3, -0.25) is 10.1 Å². The molecule has 0 heterocycles. The van der Waals surface area contributed by atoms with Crippen LogP contribution in [0.15, 0.2) is 72.8 Å².